The first-order valence-electron chi connectivity index (χ1n) is 5.49. The topological polar surface area (TPSA) is 47.0 Å². The Labute approximate surface area is 90.1 Å². The Kier molecular flexibility index (Phi) is 3.64. The number of hydrogen-bond donors (Lipinski definition) is 1. The van der Waals surface area contributed by atoms with E-state index in [1.807, 2.05) is 6.20 Å². The molecule has 2 heterocycles. The summed E-state index contributed by atoms with van der Waals surface area (Å²) >= 11 is 0. The molecule has 0 radical (unpaired) electrons. The first-order chi connectivity index (χ1) is 7.42. The van der Waals surface area contributed by atoms with E-state index in [2.05, 4.69) is 22.2 Å². The van der Waals surface area contributed by atoms with Crippen LogP contribution in [0.1, 0.15) is 25.1 Å². The Hall–Kier alpha value is -1.00. The van der Waals surface area contributed by atoms with Gasteiger partial charge in [0.05, 0.1) is 18.3 Å². The Morgan fingerprint density at radius 3 is 3.13 bits per heavy atom. The summed E-state index contributed by atoms with van der Waals surface area (Å²) in [4.78, 5) is 8.48. The molecule has 2 atom stereocenters. The predicted octanol–water partition coefficient (Wildman–Crippen LogP) is 1.16. The highest BCUT2D eigenvalue weighted by Gasteiger charge is 2.27. The normalized spacial score (nSPS) is 22.9. The van der Waals surface area contributed by atoms with Gasteiger partial charge in [0, 0.05) is 31.1 Å². The second kappa shape index (κ2) is 5.19. The second-order valence-electron chi connectivity index (χ2n) is 3.79. The van der Waals surface area contributed by atoms with Crippen LogP contribution in [0.25, 0.3) is 0 Å². The molecule has 0 amide bonds. The van der Waals surface area contributed by atoms with Gasteiger partial charge in [-0.15, -0.1) is 0 Å². The number of rotatable bonds is 4. The lowest BCUT2D eigenvalue weighted by atomic mass is 9.96. The third kappa shape index (κ3) is 2.52. The summed E-state index contributed by atoms with van der Waals surface area (Å²) in [5.74, 6) is 0.529. The number of ether oxygens (including phenoxy) is 1. The van der Waals surface area contributed by atoms with Crippen LogP contribution >= 0.6 is 0 Å². The van der Waals surface area contributed by atoms with Crippen LogP contribution in [0.2, 0.25) is 0 Å². The lowest BCUT2D eigenvalue weighted by molar-refractivity contribution is 0.176. The molecule has 1 saturated heterocycles. The zero-order chi connectivity index (χ0) is 10.5. The molecule has 1 aromatic heterocycles. The first-order valence-corrected chi connectivity index (χ1v) is 5.49. The van der Waals surface area contributed by atoms with E-state index in [0.717, 1.165) is 31.9 Å². The maximum atomic E-state index is 5.42. The van der Waals surface area contributed by atoms with Crippen LogP contribution < -0.4 is 5.32 Å². The van der Waals surface area contributed by atoms with Crippen LogP contribution in [0.3, 0.4) is 0 Å². The van der Waals surface area contributed by atoms with E-state index in [1.54, 1.807) is 12.4 Å². The Balaban J connectivity index is 2.11. The summed E-state index contributed by atoms with van der Waals surface area (Å²) in [7, 11) is 0. The molecule has 1 N–H and O–H groups in total. The molecular weight excluding hydrogens is 190 g/mol. The zero-order valence-electron chi connectivity index (χ0n) is 9.02. The standard InChI is InChI=1S/C11H17N3O/c1-2-13-11(9-3-6-15-8-9)10-7-12-4-5-14-10/h4-5,7,9,11,13H,2-3,6,8H2,1H3. The fourth-order valence-electron chi connectivity index (χ4n) is 2.02. The minimum Gasteiger partial charge on any atom is -0.381 e. The summed E-state index contributed by atoms with van der Waals surface area (Å²) in [6.45, 7) is 4.75. The summed E-state index contributed by atoms with van der Waals surface area (Å²) in [5.41, 5.74) is 1.02. The summed E-state index contributed by atoms with van der Waals surface area (Å²) in [6.07, 6.45) is 6.40. The van der Waals surface area contributed by atoms with E-state index in [0.29, 0.717) is 5.92 Å². The average molecular weight is 207 g/mol. The Morgan fingerprint density at radius 1 is 1.60 bits per heavy atom. The molecule has 15 heavy (non-hydrogen) atoms. The maximum Gasteiger partial charge on any atom is 0.0759 e. The summed E-state index contributed by atoms with van der Waals surface area (Å²) in [6, 6.07) is 0.284. The van der Waals surface area contributed by atoms with Crippen LogP contribution in [0.15, 0.2) is 18.6 Å². The van der Waals surface area contributed by atoms with E-state index in [1.165, 1.54) is 0 Å². The van der Waals surface area contributed by atoms with E-state index in [9.17, 15) is 0 Å². The second-order valence-corrected chi connectivity index (χ2v) is 3.79. The van der Waals surface area contributed by atoms with E-state index in [4.69, 9.17) is 4.74 Å². The SMILES string of the molecule is CCNC(c1cnccn1)C1CCOC1. The third-order valence-electron chi connectivity index (χ3n) is 2.76. The molecular formula is C11H17N3O. The van der Waals surface area contributed by atoms with E-state index >= 15 is 0 Å². The lowest BCUT2D eigenvalue weighted by Crippen LogP contribution is -2.29. The van der Waals surface area contributed by atoms with Gasteiger partial charge in [-0.3, -0.25) is 9.97 Å². The molecule has 4 heteroatoms. The van der Waals surface area contributed by atoms with Gasteiger partial charge < -0.3 is 10.1 Å². The van der Waals surface area contributed by atoms with Crippen molar-refractivity contribution < 1.29 is 4.74 Å². The van der Waals surface area contributed by atoms with Gasteiger partial charge in [0.2, 0.25) is 0 Å². The van der Waals surface area contributed by atoms with Crippen LogP contribution in [0, 0.1) is 5.92 Å². The number of aromatic nitrogens is 2. The molecule has 2 unspecified atom stereocenters. The van der Waals surface area contributed by atoms with Gasteiger partial charge in [0.15, 0.2) is 0 Å². The van der Waals surface area contributed by atoms with Crippen molar-refractivity contribution in [3.05, 3.63) is 24.3 Å². The van der Waals surface area contributed by atoms with Gasteiger partial charge in [0.1, 0.15) is 0 Å². The van der Waals surface area contributed by atoms with Crippen molar-refractivity contribution in [1.82, 2.24) is 15.3 Å². The quantitative estimate of drug-likeness (QED) is 0.805. The summed E-state index contributed by atoms with van der Waals surface area (Å²) in [5, 5.41) is 3.46. The van der Waals surface area contributed by atoms with Crippen LogP contribution in [-0.2, 0) is 4.74 Å². The van der Waals surface area contributed by atoms with Gasteiger partial charge in [-0.05, 0) is 13.0 Å². The van der Waals surface area contributed by atoms with E-state index < -0.39 is 0 Å². The van der Waals surface area contributed by atoms with Crippen molar-refractivity contribution in [2.75, 3.05) is 19.8 Å². The van der Waals surface area contributed by atoms with Gasteiger partial charge in [-0.2, -0.15) is 0 Å². The van der Waals surface area contributed by atoms with Crippen molar-refractivity contribution >= 4 is 0 Å². The highest BCUT2D eigenvalue weighted by molar-refractivity contribution is 5.04. The molecule has 1 aliphatic heterocycles. The van der Waals surface area contributed by atoms with Gasteiger partial charge in [0.25, 0.3) is 0 Å². The largest absolute Gasteiger partial charge is 0.381 e. The summed E-state index contributed by atoms with van der Waals surface area (Å²) < 4.78 is 5.42. The fraction of sp³-hybridized carbons (Fsp3) is 0.636. The number of hydrogen-bond acceptors (Lipinski definition) is 4. The van der Waals surface area contributed by atoms with Crippen molar-refractivity contribution in [2.24, 2.45) is 5.92 Å². The average Bonchev–Trinajstić information content (AvgIpc) is 2.80. The van der Waals surface area contributed by atoms with Crippen molar-refractivity contribution in [1.29, 1.82) is 0 Å². The molecule has 0 aromatic carbocycles. The molecule has 4 nitrogen and oxygen atoms in total. The minimum absolute atomic E-state index is 0.284. The van der Waals surface area contributed by atoms with Gasteiger partial charge >= 0.3 is 0 Å². The monoisotopic (exact) mass is 207 g/mol. The minimum atomic E-state index is 0.284. The van der Waals surface area contributed by atoms with Crippen LogP contribution in [0.5, 0.6) is 0 Å². The molecule has 82 valence electrons. The molecule has 2 rings (SSSR count). The smallest absolute Gasteiger partial charge is 0.0759 e. The number of nitrogens with zero attached hydrogens (tertiary/aromatic N) is 2. The Bertz CT molecular complexity index is 285. The number of nitrogens with one attached hydrogen (secondary N) is 1. The zero-order valence-corrected chi connectivity index (χ0v) is 9.02. The first kappa shape index (κ1) is 10.5. The lowest BCUT2D eigenvalue weighted by Gasteiger charge is -2.22. The third-order valence-corrected chi connectivity index (χ3v) is 2.76. The van der Waals surface area contributed by atoms with Crippen molar-refractivity contribution in [2.45, 2.75) is 19.4 Å². The molecule has 0 saturated carbocycles. The van der Waals surface area contributed by atoms with Crippen molar-refractivity contribution in [3.8, 4) is 0 Å². The van der Waals surface area contributed by atoms with E-state index in [-0.39, 0.29) is 6.04 Å². The van der Waals surface area contributed by atoms with Gasteiger partial charge in [-0.1, -0.05) is 6.92 Å². The molecule has 1 fully saturated rings. The molecule has 1 aromatic rings. The van der Waals surface area contributed by atoms with Crippen LogP contribution in [0.4, 0.5) is 0 Å². The highest BCUT2D eigenvalue weighted by Crippen LogP contribution is 2.26. The molecule has 1 aliphatic rings. The highest BCUT2D eigenvalue weighted by atomic mass is 16.5. The maximum absolute atomic E-state index is 5.42. The fourth-order valence-corrected chi connectivity index (χ4v) is 2.02. The molecule has 0 spiro atoms. The molecule has 0 aliphatic carbocycles. The van der Waals surface area contributed by atoms with Crippen LogP contribution in [-0.4, -0.2) is 29.7 Å². The Morgan fingerprint density at radius 2 is 2.53 bits per heavy atom. The predicted molar refractivity (Wildman–Crippen MR) is 57.4 cm³/mol. The van der Waals surface area contributed by atoms with Gasteiger partial charge in [-0.25, -0.2) is 0 Å². The van der Waals surface area contributed by atoms with Crippen molar-refractivity contribution in [3.63, 3.8) is 0 Å². The molecule has 0 bridgehead atoms.